The molecule has 138 heavy (non-hydrogen) atoms. The van der Waals surface area contributed by atoms with Gasteiger partial charge in [0.2, 0.25) is 60.4 Å². The Morgan fingerprint density at radius 3 is 1.31 bits per heavy atom. The van der Waals surface area contributed by atoms with Crippen LogP contribution in [0.25, 0.3) is 21.8 Å². The van der Waals surface area contributed by atoms with Gasteiger partial charge in [0, 0.05) is 209 Å². The summed E-state index contributed by atoms with van der Waals surface area (Å²) in [7, 11) is -2.00. The van der Waals surface area contributed by atoms with Crippen LogP contribution in [0.2, 0.25) is 0 Å². The molecule has 5 unspecified atom stereocenters. The van der Waals surface area contributed by atoms with E-state index in [9.17, 15) is 99.4 Å². The van der Waals surface area contributed by atoms with Gasteiger partial charge >= 0.3 is 17.9 Å². The number of carbonyl (C=O) groups excluding carboxylic acids is 8. The number of ether oxygens (including phenoxy) is 2. The van der Waals surface area contributed by atoms with Crippen molar-refractivity contribution in [2.75, 3.05) is 143 Å². The number of aryl methyl sites for hydroxylation is 6. The number of nitrogens with zero attached hydrogens (tertiary/aromatic N) is 9. The molecule has 0 aliphatic carbocycles. The van der Waals surface area contributed by atoms with Crippen molar-refractivity contribution >= 4 is 119 Å². The molecule has 1 fully saturated rings. The first-order valence-electron chi connectivity index (χ1n) is 45.0. The Hall–Kier alpha value is -13.7. The number of carboxylic acid groups (broad SMARTS) is 3. The van der Waals surface area contributed by atoms with Crippen LogP contribution in [0.3, 0.4) is 0 Å². The summed E-state index contributed by atoms with van der Waals surface area (Å²) in [5.41, 5.74) is 1.53. The van der Waals surface area contributed by atoms with Gasteiger partial charge in [-0.15, -0.1) is 0 Å². The van der Waals surface area contributed by atoms with E-state index in [1.165, 1.54) is 64.4 Å². The number of aromatic amines is 2. The Kier molecular flexibility index (Phi) is 40.3. The van der Waals surface area contributed by atoms with E-state index in [0.29, 0.717) is 80.0 Å². The number of aromatic nitrogens is 6. The first kappa shape index (κ1) is 108. The number of fused-ring (bicyclic) bond motifs is 2. The van der Waals surface area contributed by atoms with Crippen LogP contribution < -0.4 is 82.9 Å². The van der Waals surface area contributed by atoms with Crippen LogP contribution in [0.5, 0.6) is 11.5 Å². The highest BCUT2D eigenvalue weighted by molar-refractivity contribution is 7.90. The van der Waals surface area contributed by atoms with E-state index in [4.69, 9.17) is 9.47 Å². The number of amides is 8. The molecular weight excluding hydrogens is 1840 g/mol. The summed E-state index contributed by atoms with van der Waals surface area (Å²) in [6.45, 7) is 11.4. The highest BCUT2D eigenvalue weighted by atomic mass is 32.2. The summed E-state index contributed by atoms with van der Waals surface area (Å²) in [6.07, 6.45) is 7.11. The topological polar surface area (TPSA) is 614 Å². The third-order valence-corrected chi connectivity index (χ3v) is 26.4. The van der Waals surface area contributed by atoms with Crippen LogP contribution in [-0.2, 0) is 90.4 Å². The monoisotopic (exact) mass is 1960 g/mol. The van der Waals surface area contributed by atoms with Gasteiger partial charge in [-0.3, -0.25) is 77.4 Å². The molecule has 0 radical (unpaired) electrons. The standard InChI is InChI=1S/C90H123N23O23S2/c1-11-67(85(124)93-25-23-91-74(114)15-13-39-135-61-41-55(3)81(56(4)42-61)137(131,132)105-68(87(126)127)49-99-83(122)65-51-109(9)71-45-59(17-19-63(71)79(65)120)47-101-89-95-27-28-96-89)103-76(116)22-21-73(104-77(117)53-111-35-33-107(7)31-32-108(8)34-36-112(38-37-111)54-78(118)119)113(130)70(12-2)86(125)94-26-24-92-75(115)16-14-40-136-62-43-57(5)82(58(6)44-62)138(133,134)106-69(88(128)129)50-100-84(123)66-52-110(10)72-46-60(18-20-64(72)80(66)121)48-102-90-97-29-30-98-90/h17-20,27-30,41-46,51-52,67-70,73,105-106H,11-16,21-26,31-40,47-50,53-54H2,1-10H3,(H14-,91,92,93,94,95,96,97,98,99,100,101,102,103,104,114,115,116,117,118,119,122,123,124,125,126,127,128,129)/p+1. The number of anilines is 2. The molecule has 5 heterocycles. The molecule has 17 N–H and O–H groups in total. The van der Waals surface area contributed by atoms with E-state index >= 15 is 0 Å². The number of H-pyrrole nitrogens is 2. The number of rotatable bonds is 51. The molecule has 9 rings (SSSR count). The Morgan fingerprint density at radius 1 is 0.493 bits per heavy atom. The van der Waals surface area contributed by atoms with Gasteiger partial charge in [0.1, 0.15) is 40.8 Å². The van der Waals surface area contributed by atoms with Crippen molar-refractivity contribution in [2.45, 2.75) is 146 Å². The molecule has 4 aromatic carbocycles. The number of nitroso groups, excluding NO2 is 1. The lowest BCUT2D eigenvalue weighted by Crippen LogP contribution is -2.54. The van der Waals surface area contributed by atoms with E-state index in [2.05, 4.69) is 92.3 Å². The van der Waals surface area contributed by atoms with Gasteiger partial charge in [0.25, 0.3) is 29.9 Å². The molecule has 46 nitrogen and oxygen atoms in total. The predicted octanol–water partition coefficient (Wildman–Crippen LogP) is 0.341. The number of nitrogens with one attached hydrogen (secondary N) is 14. The van der Waals surface area contributed by atoms with Gasteiger partial charge in [-0.05, 0) is 143 Å². The number of likely N-dealkylation sites (N-methyl/N-ethyl adjacent to an activating group) is 2. The van der Waals surface area contributed by atoms with Crippen molar-refractivity contribution in [1.82, 2.24) is 101 Å². The number of hydrogen-bond acceptors (Lipinski definition) is 28. The Bertz CT molecular complexity index is 6010. The van der Waals surface area contributed by atoms with E-state index in [-0.39, 0.29) is 176 Å². The molecule has 1 aliphatic rings. The van der Waals surface area contributed by atoms with Gasteiger partial charge in [0.05, 0.1) is 47.1 Å². The smallest absolute Gasteiger partial charge is 0.323 e. The fourth-order valence-electron chi connectivity index (χ4n) is 15.5. The van der Waals surface area contributed by atoms with E-state index in [1.807, 2.05) is 19.0 Å². The minimum Gasteiger partial charge on any atom is -0.494 e. The van der Waals surface area contributed by atoms with E-state index < -0.39 is 146 Å². The summed E-state index contributed by atoms with van der Waals surface area (Å²) in [5.74, 6) is -8.10. The number of hydrogen-bond donors (Lipinski definition) is 17. The molecule has 1 aliphatic heterocycles. The van der Waals surface area contributed by atoms with Crippen molar-refractivity contribution in [3.63, 3.8) is 0 Å². The zero-order valence-electron chi connectivity index (χ0n) is 78.8. The number of carbonyl (C=O) groups is 11. The number of pyridine rings is 2. The molecule has 748 valence electrons. The molecule has 0 spiro atoms. The van der Waals surface area contributed by atoms with Crippen molar-refractivity contribution in [3.8, 4) is 11.5 Å². The summed E-state index contributed by atoms with van der Waals surface area (Å²) < 4.78 is 75.0. The second-order valence-electron chi connectivity index (χ2n) is 33.6. The minimum atomic E-state index is -4.58. The Balaban J connectivity index is 0.712. The number of sulfonamides is 2. The molecule has 4 aromatic heterocycles. The average Bonchev–Trinajstić information content (AvgIpc) is 0.830. The largest absolute Gasteiger partial charge is 0.494 e. The summed E-state index contributed by atoms with van der Waals surface area (Å²) in [5, 5.41) is 57.5. The maximum absolute atomic E-state index is 14.6. The normalized spacial score (nSPS) is 14.3. The fraction of sp³-hybridized carbons (Fsp3) is 0.478. The number of imidazole rings is 2. The van der Waals surface area contributed by atoms with Crippen LogP contribution in [0.15, 0.2) is 117 Å². The minimum absolute atomic E-state index is 0.00462. The molecule has 48 heteroatoms. The van der Waals surface area contributed by atoms with Crippen molar-refractivity contribution in [2.24, 2.45) is 14.1 Å². The van der Waals surface area contributed by atoms with E-state index in [0.717, 1.165) is 11.1 Å². The number of aliphatic carboxylic acids is 3. The van der Waals surface area contributed by atoms with Crippen LogP contribution in [-0.4, -0.2) is 313 Å². The van der Waals surface area contributed by atoms with Gasteiger partial charge in [-0.25, -0.2) is 26.8 Å². The van der Waals surface area contributed by atoms with Crippen molar-refractivity contribution in [3.05, 3.63) is 168 Å². The summed E-state index contributed by atoms with van der Waals surface area (Å²) in [6, 6.07) is 9.49. The molecular formula is C90H124N23O23S2+. The number of carboxylic acids is 3. The summed E-state index contributed by atoms with van der Waals surface area (Å²) in [4.78, 5) is 208. The zero-order chi connectivity index (χ0) is 101. The molecule has 0 saturated carbocycles. The van der Waals surface area contributed by atoms with E-state index in [1.54, 1.807) is 103 Å². The van der Waals surface area contributed by atoms with Gasteiger partial charge in [0.15, 0.2) is 11.9 Å². The lowest BCUT2D eigenvalue weighted by molar-refractivity contribution is -0.613. The maximum Gasteiger partial charge on any atom is 0.323 e. The molecule has 5 atom stereocenters. The van der Waals surface area contributed by atoms with Crippen molar-refractivity contribution in [1.29, 1.82) is 0 Å². The third kappa shape index (κ3) is 32.0. The van der Waals surface area contributed by atoms with Gasteiger partial charge < -0.3 is 102 Å². The molecule has 0 bridgehead atoms. The Morgan fingerprint density at radius 2 is 0.906 bits per heavy atom. The van der Waals surface area contributed by atoms with Crippen LogP contribution in [0, 0.1) is 32.6 Å². The SMILES string of the molecule is CCC(NC(=O)CCC(NC(=O)CN1CCN(C)CCN(C)CCN(CC(=O)O)CC1)[N+](=O)C(CC)C(=O)NCCNC(=O)CCCOc1cc(C)c(S(=O)(=O)NC(CNC(=O)c2cn(C)c3cc(CNc4ncc[nH]4)ccc3c2=O)C(=O)O)c(C)c1)C(=O)NCCNC(=O)CCCOc1cc(C)c(S(=O)(=O)NC(CNC(=O)c2cn(C)c3cc(CNc4ncc[nH]4)ccc3c2=O)C(=O)O)c(C)c1. The van der Waals surface area contributed by atoms with Gasteiger partial charge in [-0.2, -0.15) is 9.44 Å². The second kappa shape index (κ2) is 51.5. The molecule has 1 saturated heterocycles. The first-order chi connectivity index (χ1) is 65.6. The lowest BCUT2D eigenvalue weighted by Gasteiger charge is -2.31. The predicted molar refractivity (Wildman–Crippen MR) is 508 cm³/mol. The second-order valence-corrected chi connectivity index (χ2v) is 36.9. The van der Waals surface area contributed by atoms with Crippen LogP contribution in [0.4, 0.5) is 11.9 Å². The zero-order valence-corrected chi connectivity index (χ0v) is 80.4. The molecule has 8 aromatic rings. The molecule has 8 amide bonds. The first-order valence-corrected chi connectivity index (χ1v) is 48.0. The van der Waals surface area contributed by atoms with Crippen LogP contribution in [0.1, 0.15) is 119 Å². The average molecular weight is 1960 g/mol. The van der Waals surface area contributed by atoms with Gasteiger partial charge in [-0.1, -0.05) is 26.0 Å². The third-order valence-electron chi connectivity index (χ3n) is 22.8. The Labute approximate surface area is 796 Å². The summed E-state index contributed by atoms with van der Waals surface area (Å²) >= 11 is 0. The number of benzene rings is 4. The van der Waals surface area contributed by atoms with Crippen molar-refractivity contribution < 1.29 is 99.1 Å². The lowest BCUT2D eigenvalue weighted by atomic mass is 10.1. The fourth-order valence-corrected chi connectivity index (χ4v) is 18.8. The quantitative estimate of drug-likeness (QED) is 0.0139. The van der Waals surface area contributed by atoms with Crippen LogP contribution >= 0.6 is 0 Å². The highest BCUT2D eigenvalue weighted by Crippen LogP contribution is 2.29. The highest BCUT2D eigenvalue weighted by Gasteiger charge is 2.41. The maximum atomic E-state index is 14.6.